The van der Waals surface area contributed by atoms with E-state index in [9.17, 15) is 4.79 Å². The van der Waals surface area contributed by atoms with Crippen LogP contribution in [0.4, 0.5) is 5.69 Å². The smallest absolute Gasteiger partial charge is 0.262 e. The fraction of sp³-hybridized carbons (Fsp3) is 0.278. The summed E-state index contributed by atoms with van der Waals surface area (Å²) in [6.45, 7) is 4.27. The number of nitrogens with one attached hydrogen (secondary N) is 1. The molecule has 2 aromatic carbocycles. The third kappa shape index (κ3) is 4.64. The third-order valence-corrected chi connectivity index (χ3v) is 3.14. The second kappa shape index (κ2) is 8.08. The minimum Gasteiger partial charge on any atom is -0.495 e. The van der Waals surface area contributed by atoms with Crippen LogP contribution in [-0.2, 0) is 4.79 Å². The van der Waals surface area contributed by atoms with Crippen LogP contribution in [0.1, 0.15) is 12.5 Å². The van der Waals surface area contributed by atoms with Crippen molar-refractivity contribution in [1.29, 1.82) is 0 Å². The van der Waals surface area contributed by atoms with E-state index in [0.717, 1.165) is 5.56 Å². The summed E-state index contributed by atoms with van der Waals surface area (Å²) in [7, 11) is 1.56. The van der Waals surface area contributed by atoms with Crippen molar-refractivity contribution in [3.63, 3.8) is 0 Å². The average Bonchev–Trinajstić information content (AvgIpc) is 2.54. The van der Waals surface area contributed by atoms with Gasteiger partial charge in [0.2, 0.25) is 0 Å². The summed E-state index contributed by atoms with van der Waals surface area (Å²) in [6, 6.07) is 12.9. The minimum absolute atomic E-state index is 0.110. The van der Waals surface area contributed by atoms with Gasteiger partial charge in [0.15, 0.2) is 18.1 Å². The molecule has 0 radical (unpaired) electrons. The molecule has 122 valence electrons. The predicted octanol–water partition coefficient (Wildman–Crippen LogP) is 3.42. The van der Waals surface area contributed by atoms with Crippen LogP contribution in [0.2, 0.25) is 0 Å². The second-order valence-electron chi connectivity index (χ2n) is 4.92. The highest BCUT2D eigenvalue weighted by Gasteiger charge is 2.10. The van der Waals surface area contributed by atoms with Crippen molar-refractivity contribution in [1.82, 2.24) is 0 Å². The Labute approximate surface area is 136 Å². The maximum atomic E-state index is 12.1. The Balaban J connectivity index is 2.00. The van der Waals surface area contributed by atoms with Gasteiger partial charge in [-0.05, 0) is 43.7 Å². The van der Waals surface area contributed by atoms with E-state index in [1.807, 2.05) is 44.2 Å². The van der Waals surface area contributed by atoms with Crippen molar-refractivity contribution < 1.29 is 19.0 Å². The van der Waals surface area contributed by atoms with Gasteiger partial charge in [-0.15, -0.1) is 0 Å². The first-order chi connectivity index (χ1) is 11.1. The summed E-state index contributed by atoms with van der Waals surface area (Å²) in [6.07, 6.45) is 0. The monoisotopic (exact) mass is 315 g/mol. The van der Waals surface area contributed by atoms with E-state index in [-0.39, 0.29) is 12.5 Å². The van der Waals surface area contributed by atoms with E-state index in [0.29, 0.717) is 29.5 Å². The zero-order valence-corrected chi connectivity index (χ0v) is 13.6. The summed E-state index contributed by atoms with van der Waals surface area (Å²) in [5, 5.41) is 2.79. The Morgan fingerprint density at radius 2 is 1.74 bits per heavy atom. The van der Waals surface area contributed by atoms with Crippen LogP contribution in [0.5, 0.6) is 17.2 Å². The largest absolute Gasteiger partial charge is 0.495 e. The summed E-state index contributed by atoms with van der Waals surface area (Å²) in [5.74, 6) is 1.51. The molecule has 2 rings (SSSR count). The van der Waals surface area contributed by atoms with E-state index in [4.69, 9.17) is 14.2 Å². The van der Waals surface area contributed by atoms with Crippen molar-refractivity contribution in [2.45, 2.75) is 13.8 Å². The maximum absolute atomic E-state index is 12.1. The number of rotatable bonds is 7. The molecule has 0 unspecified atom stereocenters. The quantitative estimate of drug-likeness (QED) is 0.850. The van der Waals surface area contributed by atoms with Crippen LogP contribution >= 0.6 is 0 Å². The molecule has 0 aliphatic rings. The number of ether oxygens (including phenoxy) is 3. The molecule has 0 saturated carbocycles. The Kier molecular flexibility index (Phi) is 5.86. The number of hydrogen-bond donors (Lipinski definition) is 1. The molecule has 1 amide bonds. The normalized spacial score (nSPS) is 10.0. The summed E-state index contributed by atoms with van der Waals surface area (Å²) in [4.78, 5) is 12.1. The van der Waals surface area contributed by atoms with Crippen LogP contribution in [0.25, 0.3) is 0 Å². The molecular formula is C18H21NO4. The van der Waals surface area contributed by atoms with Crippen LogP contribution < -0.4 is 19.5 Å². The highest BCUT2D eigenvalue weighted by Crippen LogP contribution is 2.27. The van der Waals surface area contributed by atoms with E-state index < -0.39 is 0 Å². The van der Waals surface area contributed by atoms with Gasteiger partial charge in [-0.2, -0.15) is 0 Å². The van der Waals surface area contributed by atoms with E-state index >= 15 is 0 Å². The third-order valence-electron chi connectivity index (χ3n) is 3.14. The van der Waals surface area contributed by atoms with Crippen LogP contribution in [0, 0.1) is 6.92 Å². The highest BCUT2D eigenvalue weighted by atomic mass is 16.5. The van der Waals surface area contributed by atoms with Crippen molar-refractivity contribution in [2.24, 2.45) is 0 Å². The number of methoxy groups -OCH3 is 1. The molecule has 5 heteroatoms. The number of hydrogen-bond acceptors (Lipinski definition) is 4. The van der Waals surface area contributed by atoms with Crippen LogP contribution in [-0.4, -0.2) is 26.2 Å². The van der Waals surface area contributed by atoms with Crippen molar-refractivity contribution in [2.75, 3.05) is 25.6 Å². The summed E-state index contributed by atoms with van der Waals surface area (Å²) >= 11 is 0. The van der Waals surface area contributed by atoms with Gasteiger partial charge in [0.25, 0.3) is 5.91 Å². The van der Waals surface area contributed by atoms with Gasteiger partial charge in [0.1, 0.15) is 5.75 Å². The molecule has 0 aromatic heterocycles. The molecule has 0 aliphatic carbocycles. The van der Waals surface area contributed by atoms with Crippen LogP contribution in [0.15, 0.2) is 42.5 Å². The van der Waals surface area contributed by atoms with Gasteiger partial charge in [0.05, 0.1) is 19.4 Å². The number of aryl methyl sites for hydroxylation is 1. The standard InChI is InChI=1S/C18H21NO4/c1-4-22-16-7-5-6-8-17(16)23-12-18(20)19-14-11-13(2)9-10-15(14)21-3/h5-11H,4,12H2,1-3H3,(H,19,20). The topological polar surface area (TPSA) is 56.8 Å². The number of amides is 1. The zero-order valence-electron chi connectivity index (χ0n) is 13.6. The average molecular weight is 315 g/mol. The van der Waals surface area contributed by atoms with E-state index in [1.54, 1.807) is 19.2 Å². The van der Waals surface area contributed by atoms with Crippen molar-refractivity contribution >= 4 is 11.6 Å². The Hall–Kier alpha value is -2.69. The Morgan fingerprint density at radius 3 is 2.39 bits per heavy atom. The molecule has 0 heterocycles. The van der Waals surface area contributed by atoms with E-state index in [2.05, 4.69) is 5.32 Å². The predicted molar refractivity (Wildman–Crippen MR) is 89.5 cm³/mol. The summed E-state index contributed by atoms with van der Waals surface area (Å²) in [5.41, 5.74) is 1.66. The molecular weight excluding hydrogens is 294 g/mol. The molecule has 0 fully saturated rings. The highest BCUT2D eigenvalue weighted by molar-refractivity contribution is 5.93. The molecule has 0 bridgehead atoms. The molecule has 0 atom stereocenters. The molecule has 0 saturated heterocycles. The first-order valence-electron chi connectivity index (χ1n) is 7.43. The lowest BCUT2D eigenvalue weighted by atomic mass is 10.2. The van der Waals surface area contributed by atoms with Crippen molar-refractivity contribution in [3.8, 4) is 17.2 Å². The second-order valence-corrected chi connectivity index (χ2v) is 4.92. The Morgan fingerprint density at radius 1 is 1.04 bits per heavy atom. The molecule has 2 aromatic rings. The lowest BCUT2D eigenvalue weighted by Crippen LogP contribution is -2.20. The van der Waals surface area contributed by atoms with E-state index in [1.165, 1.54) is 0 Å². The number of para-hydroxylation sites is 2. The van der Waals surface area contributed by atoms with Gasteiger partial charge < -0.3 is 19.5 Å². The van der Waals surface area contributed by atoms with Gasteiger partial charge in [-0.1, -0.05) is 18.2 Å². The van der Waals surface area contributed by atoms with Gasteiger partial charge in [-0.3, -0.25) is 4.79 Å². The first kappa shape index (κ1) is 16.7. The summed E-state index contributed by atoms with van der Waals surface area (Å²) < 4.78 is 16.3. The first-order valence-corrected chi connectivity index (χ1v) is 7.43. The van der Waals surface area contributed by atoms with Gasteiger partial charge >= 0.3 is 0 Å². The molecule has 0 spiro atoms. The zero-order chi connectivity index (χ0) is 16.7. The number of carbonyl (C=O) groups is 1. The lowest BCUT2D eigenvalue weighted by molar-refractivity contribution is -0.118. The molecule has 1 N–H and O–H groups in total. The fourth-order valence-corrected chi connectivity index (χ4v) is 2.09. The number of benzene rings is 2. The number of carbonyl (C=O) groups excluding carboxylic acids is 1. The minimum atomic E-state index is -0.264. The van der Waals surface area contributed by atoms with Crippen LogP contribution in [0.3, 0.4) is 0 Å². The molecule has 5 nitrogen and oxygen atoms in total. The van der Waals surface area contributed by atoms with Gasteiger partial charge in [-0.25, -0.2) is 0 Å². The molecule has 0 aliphatic heterocycles. The lowest BCUT2D eigenvalue weighted by Gasteiger charge is -2.13. The maximum Gasteiger partial charge on any atom is 0.262 e. The molecule has 23 heavy (non-hydrogen) atoms. The fourth-order valence-electron chi connectivity index (χ4n) is 2.09. The van der Waals surface area contributed by atoms with Gasteiger partial charge in [0, 0.05) is 0 Å². The number of anilines is 1. The Bertz CT molecular complexity index is 670. The SMILES string of the molecule is CCOc1ccccc1OCC(=O)Nc1cc(C)ccc1OC. The van der Waals surface area contributed by atoms with Crippen molar-refractivity contribution in [3.05, 3.63) is 48.0 Å².